The number of phenolic OH excluding ortho intramolecular Hbond substituents is 1. The lowest BCUT2D eigenvalue weighted by atomic mass is 9.86. The quantitative estimate of drug-likeness (QED) is 0.795. The molecule has 0 fully saturated rings. The summed E-state index contributed by atoms with van der Waals surface area (Å²) in [4.78, 5) is 12.0. The molecular formula is C13H14O4. The van der Waals surface area contributed by atoms with E-state index in [2.05, 4.69) is 0 Å². The van der Waals surface area contributed by atoms with E-state index in [1.165, 1.54) is 20.3 Å². The lowest BCUT2D eigenvalue weighted by Crippen LogP contribution is -2.34. The summed E-state index contributed by atoms with van der Waals surface area (Å²) in [7, 11) is 2.94. The molecule has 0 amide bonds. The Labute approximate surface area is 99.5 Å². The van der Waals surface area contributed by atoms with Crippen molar-refractivity contribution >= 4 is 5.78 Å². The number of ketones is 1. The van der Waals surface area contributed by atoms with Crippen LogP contribution in [0.3, 0.4) is 0 Å². The van der Waals surface area contributed by atoms with Gasteiger partial charge in [-0.2, -0.15) is 0 Å². The van der Waals surface area contributed by atoms with Crippen molar-refractivity contribution in [1.29, 1.82) is 0 Å². The molecular weight excluding hydrogens is 220 g/mol. The van der Waals surface area contributed by atoms with Gasteiger partial charge in [-0.25, -0.2) is 0 Å². The van der Waals surface area contributed by atoms with E-state index in [9.17, 15) is 9.90 Å². The first-order valence-electron chi connectivity index (χ1n) is 5.22. The number of Topliss-reactive ketones (excluding diaryl/α,β-unsaturated/α-hetero) is 1. The molecule has 0 unspecified atom stereocenters. The number of ether oxygens (including phenoxy) is 2. The number of aromatic hydroxyl groups is 1. The van der Waals surface area contributed by atoms with Gasteiger partial charge in [-0.1, -0.05) is 12.1 Å². The van der Waals surface area contributed by atoms with Crippen LogP contribution in [0.15, 0.2) is 29.8 Å². The molecule has 1 aromatic rings. The fourth-order valence-corrected chi connectivity index (χ4v) is 2.14. The number of benzene rings is 1. The SMILES string of the molecule is COC1(OC)C=C(C)C(=O)c2cccc(O)c21. The average Bonchev–Trinajstić information content (AvgIpc) is 2.34. The highest BCUT2D eigenvalue weighted by Gasteiger charge is 2.40. The Morgan fingerprint density at radius 3 is 2.47 bits per heavy atom. The predicted molar refractivity (Wildman–Crippen MR) is 61.9 cm³/mol. The zero-order valence-electron chi connectivity index (χ0n) is 9.98. The first kappa shape index (κ1) is 11.8. The number of allylic oxidation sites excluding steroid dienone is 1. The maximum atomic E-state index is 12.0. The van der Waals surface area contributed by atoms with Crippen molar-refractivity contribution in [3.05, 3.63) is 41.0 Å². The lowest BCUT2D eigenvalue weighted by Gasteiger charge is -2.33. The van der Waals surface area contributed by atoms with Crippen LogP contribution in [-0.4, -0.2) is 25.1 Å². The van der Waals surface area contributed by atoms with Gasteiger partial charge >= 0.3 is 0 Å². The number of phenols is 1. The van der Waals surface area contributed by atoms with Crippen LogP contribution in [0.5, 0.6) is 5.75 Å². The molecule has 1 aliphatic carbocycles. The summed E-state index contributed by atoms with van der Waals surface area (Å²) >= 11 is 0. The molecule has 1 aromatic carbocycles. The Balaban J connectivity index is 2.78. The van der Waals surface area contributed by atoms with Crippen molar-refractivity contribution in [1.82, 2.24) is 0 Å². The van der Waals surface area contributed by atoms with Crippen molar-refractivity contribution in [2.24, 2.45) is 0 Å². The molecule has 4 nitrogen and oxygen atoms in total. The second-order valence-electron chi connectivity index (χ2n) is 3.93. The Hall–Kier alpha value is -1.65. The molecule has 0 atom stereocenters. The second kappa shape index (κ2) is 3.98. The van der Waals surface area contributed by atoms with E-state index in [1.54, 1.807) is 25.1 Å². The van der Waals surface area contributed by atoms with Crippen LogP contribution < -0.4 is 0 Å². The van der Waals surface area contributed by atoms with E-state index in [-0.39, 0.29) is 11.5 Å². The third kappa shape index (κ3) is 1.57. The fraction of sp³-hybridized carbons (Fsp3) is 0.308. The summed E-state index contributed by atoms with van der Waals surface area (Å²) in [6, 6.07) is 4.79. The average molecular weight is 234 g/mol. The highest BCUT2D eigenvalue weighted by Crippen LogP contribution is 2.41. The van der Waals surface area contributed by atoms with Crippen molar-refractivity contribution in [2.75, 3.05) is 14.2 Å². The molecule has 0 heterocycles. The normalized spacial score (nSPS) is 17.6. The van der Waals surface area contributed by atoms with E-state index >= 15 is 0 Å². The molecule has 0 radical (unpaired) electrons. The molecule has 1 N–H and O–H groups in total. The molecule has 0 spiro atoms. The monoisotopic (exact) mass is 234 g/mol. The van der Waals surface area contributed by atoms with Crippen LogP contribution in [-0.2, 0) is 15.3 Å². The summed E-state index contributed by atoms with van der Waals surface area (Å²) < 4.78 is 10.7. The second-order valence-corrected chi connectivity index (χ2v) is 3.93. The van der Waals surface area contributed by atoms with Crippen LogP contribution in [0, 0.1) is 0 Å². The van der Waals surface area contributed by atoms with Gasteiger partial charge in [0.05, 0.1) is 5.56 Å². The molecule has 0 aromatic heterocycles. The van der Waals surface area contributed by atoms with Gasteiger partial charge < -0.3 is 14.6 Å². The molecule has 1 aliphatic rings. The van der Waals surface area contributed by atoms with E-state index in [1.807, 2.05) is 0 Å². The number of hydrogen-bond acceptors (Lipinski definition) is 4. The molecule has 2 rings (SSSR count). The van der Waals surface area contributed by atoms with Gasteiger partial charge in [-0.3, -0.25) is 4.79 Å². The third-order valence-corrected chi connectivity index (χ3v) is 3.01. The molecule has 0 aliphatic heterocycles. The van der Waals surface area contributed by atoms with Crippen LogP contribution in [0.2, 0.25) is 0 Å². The van der Waals surface area contributed by atoms with Crippen LogP contribution in [0.4, 0.5) is 0 Å². The Morgan fingerprint density at radius 2 is 1.88 bits per heavy atom. The summed E-state index contributed by atoms with van der Waals surface area (Å²) in [5, 5.41) is 9.92. The van der Waals surface area contributed by atoms with Crippen molar-refractivity contribution in [3.8, 4) is 5.75 Å². The van der Waals surface area contributed by atoms with Gasteiger partial charge in [0, 0.05) is 19.8 Å². The molecule has 17 heavy (non-hydrogen) atoms. The van der Waals surface area contributed by atoms with Crippen molar-refractivity contribution in [2.45, 2.75) is 12.7 Å². The standard InChI is InChI=1S/C13H14O4/c1-8-7-13(16-2,17-3)11-9(12(8)15)5-4-6-10(11)14/h4-7,14H,1-3H3. The minimum Gasteiger partial charge on any atom is -0.507 e. The van der Waals surface area contributed by atoms with Gasteiger partial charge in [-0.05, 0) is 24.6 Å². The van der Waals surface area contributed by atoms with Crippen molar-refractivity contribution < 1.29 is 19.4 Å². The molecule has 0 saturated carbocycles. The van der Waals surface area contributed by atoms with Gasteiger partial charge in [0.1, 0.15) is 5.75 Å². The Kier molecular flexibility index (Phi) is 2.77. The first-order valence-corrected chi connectivity index (χ1v) is 5.22. The zero-order valence-corrected chi connectivity index (χ0v) is 9.98. The van der Waals surface area contributed by atoms with Crippen LogP contribution in [0.1, 0.15) is 22.8 Å². The van der Waals surface area contributed by atoms with Gasteiger partial charge in [0.15, 0.2) is 5.78 Å². The predicted octanol–water partition coefficient (Wildman–Crippen LogP) is 1.98. The summed E-state index contributed by atoms with van der Waals surface area (Å²) in [5.74, 6) is -1.33. The maximum absolute atomic E-state index is 12.0. The largest absolute Gasteiger partial charge is 0.507 e. The minimum absolute atomic E-state index is 0.0108. The summed E-state index contributed by atoms with van der Waals surface area (Å²) in [5.41, 5.74) is 1.31. The van der Waals surface area contributed by atoms with Gasteiger partial charge in [0.25, 0.3) is 0 Å². The maximum Gasteiger partial charge on any atom is 0.219 e. The third-order valence-electron chi connectivity index (χ3n) is 3.01. The van der Waals surface area contributed by atoms with Crippen molar-refractivity contribution in [3.63, 3.8) is 0 Å². The van der Waals surface area contributed by atoms with Crippen LogP contribution >= 0.6 is 0 Å². The van der Waals surface area contributed by atoms with Crippen LogP contribution in [0.25, 0.3) is 0 Å². The molecule has 90 valence electrons. The van der Waals surface area contributed by atoms with E-state index in [4.69, 9.17) is 9.47 Å². The highest BCUT2D eigenvalue weighted by molar-refractivity contribution is 6.11. The number of hydrogen-bond donors (Lipinski definition) is 1. The van der Waals surface area contributed by atoms with E-state index in [0.717, 1.165) is 0 Å². The molecule has 0 saturated heterocycles. The first-order chi connectivity index (χ1) is 8.05. The number of methoxy groups -OCH3 is 2. The minimum atomic E-state index is -1.20. The fourth-order valence-electron chi connectivity index (χ4n) is 2.14. The summed E-state index contributed by atoms with van der Waals surface area (Å²) in [6.07, 6.45) is 1.58. The van der Waals surface area contributed by atoms with E-state index < -0.39 is 5.79 Å². The Morgan fingerprint density at radius 1 is 1.24 bits per heavy atom. The zero-order chi connectivity index (χ0) is 12.6. The van der Waals surface area contributed by atoms with Gasteiger partial charge in [-0.15, -0.1) is 0 Å². The number of rotatable bonds is 2. The van der Waals surface area contributed by atoms with E-state index in [0.29, 0.717) is 16.7 Å². The van der Waals surface area contributed by atoms with Gasteiger partial charge in [0.2, 0.25) is 5.79 Å². The lowest BCUT2D eigenvalue weighted by molar-refractivity contribution is -0.180. The number of carbonyl (C=O) groups excluding carboxylic acids is 1. The molecule has 0 bridgehead atoms. The molecule has 4 heteroatoms. The smallest absolute Gasteiger partial charge is 0.219 e. The Bertz CT molecular complexity index is 498. The topological polar surface area (TPSA) is 55.8 Å². The number of carbonyl (C=O) groups is 1. The summed E-state index contributed by atoms with van der Waals surface area (Å²) in [6.45, 7) is 1.70. The highest BCUT2D eigenvalue weighted by atomic mass is 16.7. The number of fused-ring (bicyclic) bond motifs is 1.